The quantitative estimate of drug-likeness (QED) is 0.674. The third-order valence-electron chi connectivity index (χ3n) is 4.85. The molecule has 1 aliphatic rings. The Kier molecular flexibility index (Phi) is 5.51. The molecule has 2 atom stereocenters. The van der Waals surface area contributed by atoms with Crippen molar-refractivity contribution in [2.75, 3.05) is 29.0 Å². The van der Waals surface area contributed by atoms with E-state index < -0.39 is 0 Å². The standard InChI is InChI=1S/C22H24N4O2S/c1-14-11-26(12-15(2)28-14)19-8-6-16(7-9-19)21(27)24-18-5-3-4-17(10-18)20-13-29-22(23)25-20/h3-10,13-15H,11-12H2,1-2H3,(H2,23,25)(H,24,27)/t14-,15+. The van der Waals surface area contributed by atoms with Crippen molar-refractivity contribution < 1.29 is 9.53 Å². The summed E-state index contributed by atoms with van der Waals surface area (Å²) < 4.78 is 5.79. The van der Waals surface area contributed by atoms with Gasteiger partial charge in [0.2, 0.25) is 0 Å². The molecule has 0 aliphatic carbocycles. The van der Waals surface area contributed by atoms with Gasteiger partial charge in [0, 0.05) is 41.0 Å². The molecular formula is C22H24N4O2S. The predicted molar refractivity (Wildman–Crippen MR) is 119 cm³/mol. The highest BCUT2D eigenvalue weighted by molar-refractivity contribution is 7.13. The zero-order valence-electron chi connectivity index (χ0n) is 16.5. The van der Waals surface area contributed by atoms with Crippen LogP contribution in [-0.4, -0.2) is 36.2 Å². The molecule has 150 valence electrons. The lowest BCUT2D eigenvalue weighted by atomic mass is 10.1. The fourth-order valence-corrected chi connectivity index (χ4v) is 4.16. The number of nitrogens with two attached hydrogens (primary N) is 1. The van der Waals surface area contributed by atoms with Crippen molar-refractivity contribution in [1.29, 1.82) is 0 Å². The Hall–Kier alpha value is -2.90. The van der Waals surface area contributed by atoms with E-state index in [-0.39, 0.29) is 18.1 Å². The van der Waals surface area contributed by atoms with E-state index in [9.17, 15) is 4.79 Å². The molecule has 1 aliphatic heterocycles. The molecule has 2 aromatic carbocycles. The van der Waals surface area contributed by atoms with E-state index in [0.29, 0.717) is 10.7 Å². The van der Waals surface area contributed by atoms with E-state index in [1.54, 1.807) is 0 Å². The van der Waals surface area contributed by atoms with E-state index in [0.717, 1.165) is 35.7 Å². The number of rotatable bonds is 4. The summed E-state index contributed by atoms with van der Waals surface area (Å²) in [5.41, 5.74) is 9.89. The molecule has 0 bridgehead atoms. The second kappa shape index (κ2) is 8.23. The number of morpholine rings is 1. The molecule has 3 N–H and O–H groups in total. The fourth-order valence-electron chi connectivity index (χ4n) is 3.59. The van der Waals surface area contributed by atoms with Crippen molar-refractivity contribution in [3.8, 4) is 11.3 Å². The van der Waals surface area contributed by atoms with Crippen molar-refractivity contribution in [3.63, 3.8) is 0 Å². The highest BCUT2D eigenvalue weighted by atomic mass is 32.1. The zero-order chi connectivity index (χ0) is 20.4. The van der Waals surface area contributed by atoms with Gasteiger partial charge in [-0.2, -0.15) is 0 Å². The van der Waals surface area contributed by atoms with E-state index >= 15 is 0 Å². The second-order valence-electron chi connectivity index (χ2n) is 7.32. The van der Waals surface area contributed by atoms with Crippen molar-refractivity contribution in [2.45, 2.75) is 26.1 Å². The van der Waals surface area contributed by atoms with Gasteiger partial charge in [0.15, 0.2) is 5.13 Å². The highest BCUT2D eigenvalue weighted by Gasteiger charge is 2.22. The molecule has 4 rings (SSSR count). The molecule has 3 aromatic rings. The number of carbonyl (C=O) groups excluding carboxylic acids is 1. The van der Waals surface area contributed by atoms with Crippen LogP contribution in [-0.2, 0) is 4.74 Å². The number of amides is 1. The smallest absolute Gasteiger partial charge is 0.255 e. The first-order chi connectivity index (χ1) is 14.0. The number of nitrogens with zero attached hydrogens (tertiary/aromatic N) is 2. The van der Waals surface area contributed by atoms with E-state index in [2.05, 4.69) is 29.0 Å². The Morgan fingerprint density at radius 3 is 2.55 bits per heavy atom. The number of nitrogens with one attached hydrogen (secondary N) is 1. The molecule has 0 unspecified atom stereocenters. The minimum atomic E-state index is -0.143. The Balaban J connectivity index is 1.45. The van der Waals surface area contributed by atoms with Crippen LogP contribution in [0.5, 0.6) is 0 Å². The second-order valence-corrected chi connectivity index (χ2v) is 8.20. The Morgan fingerprint density at radius 2 is 1.90 bits per heavy atom. The van der Waals surface area contributed by atoms with E-state index in [4.69, 9.17) is 10.5 Å². The zero-order valence-corrected chi connectivity index (χ0v) is 17.3. The lowest BCUT2D eigenvalue weighted by molar-refractivity contribution is -0.00522. The minimum absolute atomic E-state index is 0.143. The van der Waals surface area contributed by atoms with Gasteiger partial charge in [0.25, 0.3) is 5.91 Å². The van der Waals surface area contributed by atoms with Crippen LogP contribution in [0.2, 0.25) is 0 Å². The SMILES string of the molecule is C[C@@H]1CN(c2ccc(C(=O)Nc3cccc(-c4csc(N)n4)c3)cc2)C[C@H](C)O1. The number of hydrogen-bond acceptors (Lipinski definition) is 6. The third kappa shape index (κ3) is 4.58. The molecule has 1 fully saturated rings. The van der Waals surface area contributed by atoms with E-state index in [1.165, 1.54) is 11.3 Å². The molecule has 0 radical (unpaired) electrons. The molecule has 1 aromatic heterocycles. The monoisotopic (exact) mass is 408 g/mol. The van der Waals surface area contributed by atoms with Crippen LogP contribution in [0.3, 0.4) is 0 Å². The van der Waals surface area contributed by atoms with Crippen LogP contribution in [0.15, 0.2) is 53.9 Å². The number of nitrogen functional groups attached to an aromatic ring is 1. The number of aromatic nitrogens is 1. The van der Waals surface area contributed by atoms with Crippen LogP contribution in [0.1, 0.15) is 24.2 Å². The highest BCUT2D eigenvalue weighted by Crippen LogP contribution is 2.26. The van der Waals surface area contributed by atoms with Gasteiger partial charge in [-0.25, -0.2) is 4.98 Å². The lowest BCUT2D eigenvalue weighted by Crippen LogP contribution is -2.45. The van der Waals surface area contributed by atoms with Crippen molar-refractivity contribution >= 4 is 33.8 Å². The van der Waals surface area contributed by atoms with Crippen LogP contribution in [0, 0.1) is 0 Å². The summed E-state index contributed by atoms with van der Waals surface area (Å²) in [6.45, 7) is 5.87. The van der Waals surface area contributed by atoms with Gasteiger partial charge >= 0.3 is 0 Å². The maximum absolute atomic E-state index is 12.7. The van der Waals surface area contributed by atoms with Gasteiger partial charge in [0.05, 0.1) is 17.9 Å². The first-order valence-corrected chi connectivity index (χ1v) is 10.5. The largest absolute Gasteiger partial charge is 0.375 e. The molecule has 0 saturated carbocycles. The number of thiazole rings is 1. The minimum Gasteiger partial charge on any atom is -0.375 e. The summed E-state index contributed by atoms with van der Waals surface area (Å²) in [6.07, 6.45) is 0.393. The Morgan fingerprint density at radius 1 is 1.17 bits per heavy atom. The van der Waals surface area contributed by atoms with Crippen molar-refractivity contribution in [2.24, 2.45) is 0 Å². The maximum Gasteiger partial charge on any atom is 0.255 e. The summed E-state index contributed by atoms with van der Waals surface area (Å²) in [4.78, 5) is 19.3. The molecule has 2 heterocycles. The first kappa shape index (κ1) is 19.4. The molecule has 7 heteroatoms. The molecule has 29 heavy (non-hydrogen) atoms. The van der Waals surface area contributed by atoms with Crippen molar-refractivity contribution in [1.82, 2.24) is 4.98 Å². The average molecular weight is 409 g/mol. The summed E-state index contributed by atoms with van der Waals surface area (Å²) in [6, 6.07) is 15.3. The lowest BCUT2D eigenvalue weighted by Gasteiger charge is -2.36. The molecule has 6 nitrogen and oxygen atoms in total. The van der Waals surface area contributed by atoms with Crippen LogP contribution in [0.4, 0.5) is 16.5 Å². The number of ether oxygens (including phenoxy) is 1. The fraction of sp³-hybridized carbons (Fsp3) is 0.273. The Labute approximate surface area is 174 Å². The van der Waals surface area contributed by atoms with Gasteiger partial charge in [-0.05, 0) is 50.2 Å². The topological polar surface area (TPSA) is 80.5 Å². The van der Waals surface area contributed by atoms with Crippen LogP contribution in [0.25, 0.3) is 11.3 Å². The molecule has 1 amide bonds. The number of benzene rings is 2. The molecule has 0 spiro atoms. The number of carbonyl (C=O) groups is 1. The molecular weight excluding hydrogens is 384 g/mol. The first-order valence-electron chi connectivity index (χ1n) is 9.61. The molecule has 1 saturated heterocycles. The third-order valence-corrected chi connectivity index (χ3v) is 5.53. The maximum atomic E-state index is 12.7. The van der Waals surface area contributed by atoms with E-state index in [1.807, 2.05) is 53.9 Å². The summed E-state index contributed by atoms with van der Waals surface area (Å²) >= 11 is 1.40. The normalized spacial score (nSPS) is 19.2. The van der Waals surface area contributed by atoms with Gasteiger partial charge in [-0.15, -0.1) is 11.3 Å². The van der Waals surface area contributed by atoms with Gasteiger partial charge in [-0.3, -0.25) is 4.79 Å². The van der Waals surface area contributed by atoms with Crippen LogP contribution >= 0.6 is 11.3 Å². The summed E-state index contributed by atoms with van der Waals surface area (Å²) in [7, 11) is 0. The van der Waals surface area contributed by atoms with Gasteiger partial charge in [-0.1, -0.05) is 12.1 Å². The van der Waals surface area contributed by atoms with Gasteiger partial charge < -0.3 is 20.7 Å². The Bertz CT molecular complexity index is 992. The van der Waals surface area contributed by atoms with Crippen molar-refractivity contribution in [3.05, 3.63) is 59.5 Å². The van der Waals surface area contributed by atoms with Crippen LogP contribution < -0.4 is 16.0 Å². The summed E-state index contributed by atoms with van der Waals surface area (Å²) in [5.74, 6) is -0.143. The summed E-state index contributed by atoms with van der Waals surface area (Å²) in [5, 5.41) is 5.39. The number of hydrogen-bond donors (Lipinski definition) is 2. The predicted octanol–water partition coefficient (Wildman–Crippen LogP) is 4.26. The number of anilines is 3. The average Bonchev–Trinajstić information content (AvgIpc) is 3.14. The van der Waals surface area contributed by atoms with Gasteiger partial charge in [0.1, 0.15) is 0 Å².